The number of hydrogen-bond acceptors (Lipinski definition) is 6. The van der Waals surface area contributed by atoms with Gasteiger partial charge in [-0.15, -0.1) is 11.8 Å². The standard InChI is InChI=1S/C23H27N7OS/c1-14-10-24-12-22-17(15(2)28-29(22)3)6-8-21-18-9-16(5-7-20(18)26-27-21)19-11-25-30(13-32-4)23(19)31-14/h5-9,11,14,24H,10,12-13H2,1-4H3,(H,26,27)/b8-6+/t14-/m0/s1. The first-order valence-electron chi connectivity index (χ1n) is 10.7. The van der Waals surface area contributed by atoms with Crippen LogP contribution in [-0.4, -0.2) is 48.7 Å². The molecule has 1 aliphatic rings. The largest absolute Gasteiger partial charge is 0.473 e. The molecule has 0 radical (unpaired) electrons. The summed E-state index contributed by atoms with van der Waals surface area (Å²) < 4.78 is 10.3. The van der Waals surface area contributed by atoms with Crippen LogP contribution in [0.2, 0.25) is 0 Å². The van der Waals surface area contributed by atoms with Gasteiger partial charge in [0.25, 0.3) is 0 Å². The third-order valence-corrected chi connectivity index (χ3v) is 6.28. The number of hydrogen-bond donors (Lipinski definition) is 2. The molecular weight excluding hydrogens is 422 g/mol. The van der Waals surface area contributed by atoms with Crippen LogP contribution in [-0.2, 0) is 19.5 Å². The van der Waals surface area contributed by atoms with Crippen LogP contribution in [0.4, 0.5) is 0 Å². The van der Waals surface area contributed by atoms with E-state index < -0.39 is 0 Å². The second-order valence-electron chi connectivity index (χ2n) is 8.11. The van der Waals surface area contributed by atoms with Crippen molar-refractivity contribution >= 4 is 34.8 Å². The van der Waals surface area contributed by atoms with Crippen LogP contribution < -0.4 is 10.1 Å². The van der Waals surface area contributed by atoms with Crippen molar-refractivity contribution in [3.63, 3.8) is 0 Å². The lowest BCUT2D eigenvalue weighted by molar-refractivity contribution is 0.199. The number of aryl methyl sites for hydroxylation is 2. The molecular formula is C23H27N7OS. The zero-order valence-corrected chi connectivity index (χ0v) is 19.5. The third kappa shape index (κ3) is 3.71. The maximum absolute atomic E-state index is 6.43. The minimum absolute atomic E-state index is 0.0299. The van der Waals surface area contributed by atoms with Crippen molar-refractivity contribution in [1.82, 2.24) is 35.1 Å². The van der Waals surface area contributed by atoms with Gasteiger partial charge in [-0.05, 0) is 50.0 Å². The van der Waals surface area contributed by atoms with Crippen LogP contribution in [0.1, 0.15) is 29.6 Å². The summed E-state index contributed by atoms with van der Waals surface area (Å²) in [7, 11) is 1.99. The molecule has 0 amide bonds. The second-order valence-corrected chi connectivity index (χ2v) is 8.95. The zero-order valence-electron chi connectivity index (χ0n) is 18.7. The van der Waals surface area contributed by atoms with E-state index in [1.54, 1.807) is 11.8 Å². The van der Waals surface area contributed by atoms with Crippen molar-refractivity contribution < 1.29 is 4.74 Å². The summed E-state index contributed by atoms with van der Waals surface area (Å²) in [5.74, 6) is 1.52. The van der Waals surface area contributed by atoms with Crippen LogP contribution in [0, 0.1) is 6.92 Å². The van der Waals surface area contributed by atoms with Crippen LogP contribution in [0.5, 0.6) is 5.88 Å². The van der Waals surface area contributed by atoms with Gasteiger partial charge in [-0.3, -0.25) is 9.78 Å². The number of ether oxygens (including phenoxy) is 1. The summed E-state index contributed by atoms with van der Waals surface area (Å²) in [5, 5.41) is 21.5. The smallest absolute Gasteiger partial charge is 0.220 e. The summed E-state index contributed by atoms with van der Waals surface area (Å²) >= 11 is 1.71. The summed E-state index contributed by atoms with van der Waals surface area (Å²) in [5.41, 5.74) is 7.20. The van der Waals surface area contributed by atoms with E-state index in [-0.39, 0.29) is 6.10 Å². The Labute approximate surface area is 191 Å². The fourth-order valence-corrected chi connectivity index (χ4v) is 4.61. The van der Waals surface area contributed by atoms with E-state index in [0.29, 0.717) is 13.1 Å². The molecule has 2 bridgehead atoms. The van der Waals surface area contributed by atoms with Gasteiger partial charge < -0.3 is 10.1 Å². The SMILES string of the molecule is CSCn1ncc2c1O[C@@H](C)CNCc1c(c(C)nn1C)/C=C/c1[nH]nc3ccc-2cc13. The number of benzene rings is 1. The quantitative estimate of drug-likeness (QED) is 0.484. The molecule has 4 heterocycles. The molecule has 1 aliphatic heterocycles. The van der Waals surface area contributed by atoms with E-state index in [1.807, 2.05) is 35.6 Å². The van der Waals surface area contributed by atoms with E-state index in [4.69, 9.17) is 4.74 Å². The Kier molecular flexibility index (Phi) is 5.52. The molecule has 32 heavy (non-hydrogen) atoms. The monoisotopic (exact) mass is 449 g/mol. The Morgan fingerprint density at radius 2 is 2.16 bits per heavy atom. The molecule has 4 aromatic rings. The number of thioether (sulfide) groups is 1. The molecule has 1 atom stereocenters. The van der Waals surface area contributed by atoms with Crippen molar-refractivity contribution in [2.75, 3.05) is 12.8 Å². The van der Waals surface area contributed by atoms with Gasteiger partial charge in [0.1, 0.15) is 6.10 Å². The summed E-state index contributed by atoms with van der Waals surface area (Å²) in [6, 6.07) is 6.28. The van der Waals surface area contributed by atoms with Gasteiger partial charge in [0.05, 0.1) is 40.2 Å². The number of H-pyrrole nitrogens is 1. The number of nitrogens with one attached hydrogen (secondary N) is 2. The highest BCUT2D eigenvalue weighted by molar-refractivity contribution is 7.97. The van der Waals surface area contributed by atoms with Crippen molar-refractivity contribution in [2.45, 2.75) is 32.4 Å². The number of rotatable bonds is 2. The van der Waals surface area contributed by atoms with Crippen LogP contribution in [0.25, 0.3) is 34.2 Å². The van der Waals surface area contributed by atoms with Gasteiger partial charge in [-0.2, -0.15) is 15.3 Å². The molecule has 3 aromatic heterocycles. The Morgan fingerprint density at radius 3 is 3.00 bits per heavy atom. The maximum atomic E-state index is 6.43. The average molecular weight is 450 g/mol. The van der Waals surface area contributed by atoms with Crippen molar-refractivity contribution in [3.8, 4) is 17.0 Å². The number of fused-ring (bicyclic) bond motifs is 4. The molecule has 5 rings (SSSR count). The summed E-state index contributed by atoms with van der Waals surface area (Å²) in [4.78, 5) is 0. The maximum Gasteiger partial charge on any atom is 0.220 e. The van der Waals surface area contributed by atoms with Gasteiger partial charge in [0, 0.05) is 31.1 Å². The molecule has 1 aromatic carbocycles. The summed E-state index contributed by atoms with van der Waals surface area (Å²) in [6.45, 7) is 5.53. The normalized spacial score (nSPS) is 17.4. The second kappa shape index (κ2) is 8.48. The third-order valence-electron chi connectivity index (χ3n) is 5.78. The first-order valence-corrected chi connectivity index (χ1v) is 12.1. The number of aromatic nitrogens is 6. The van der Waals surface area contributed by atoms with Gasteiger partial charge in [0.15, 0.2) is 0 Å². The van der Waals surface area contributed by atoms with E-state index in [9.17, 15) is 0 Å². The van der Waals surface area contributed by atoms with Crippen LogP contribution >= 0.6 is 11.8 Å². The fourth-order valence-electron chi connectivity index (χ4n) is 4.18. The van der Waals surface area contributed by atoms with Crippen LogP contribution in [0.15, 0.2) is 24.4 Å². The molecule has 0 fully saturated rings. The van der Waals surface area contributed by atoms with E-state index in [1.165, 1.54) is 0 Å². The van der Waals surface area contributed by atoms with Crippen molar-refractivity contribution in [3.05, 3.63) is 47.0 Å². The van der Waals surface area contributed by atoms with Crippen molar-refractivity contribution in [1.29, 1.82) is 0 Å². The lowest BCUT2D eigenvalue weighted by atomic mass is 10.0. The topological polar surface area (TPSA) is 85.6 Å². The molecule has 166 valence electrons. The number of nitrogens with zero attached hydrogens (tertiary/aromatic N) is 5. The lowest BCUT2D eigenvalue weighted by Gasteiger charge is -2.18. The molecule has 8 nitrogen and oxygen atoms in total. The Morgan fingerprint density at radius 1 is 1.28 bits per heavy atom. The average Bonchev–Trinajstić information content (AvgIpc) is 3.43. The van der Waals surface area contributed by atoms with Gasteiger partial charge in [-0.1, -0.05) is 6.07 Å². The number of aromatic amines is 1. The molecule has 0 saturated carbocycles. The minimum atomic E-state index is -0.0299. The Hall–Kier alpha value is -3.04. The van der Waals surface area contributed by atoms with Gasteiger partial charge in [-0.25, -0.2) is 4.68 Å². The predicted octanol–water partition coefficient (Wildman–Crippen LogP) is 3.83. The molecule has 0 spiro atoms. The predicted molar refractivity (Wildman–Crippen MR) is 129 cm³/mol. The van der Waals surface area contributed by atoms with Gasteiger partial charge in [0.2, 0.25) is 5.88 Å². The molecule has 2 N–H and O–H groups in total. The Bertz CT molecular complexity index is 1300. The highest BCUT2D eigenvalue weighted by Crippen LogP contribution is 2.34. The highest BCUT2D eigenvalue weighted by Gasteiger charge is 2.19. The molecule has 0 aliphatic carbocycles. The summed E-state index contributed by atoms with van der Waals surface area (Å²) in [6.07, 6.45) is 8.14. The van der Waals surface area contributed by atoms with Gasteiger partial charge >= 0.3 is 0 Å². The van der Waals surface area contributed by atoms with E-state index in [0.717, 1.165) is 56.4 Å². The first-order chi connectivity index (χ1) is 15.5. The fraction of sp³-hybridized carbons (Fsp3) is 0.348. The first kappa shape index (κ1) is 20.8. The lowest BCUT2D eigenvalue weighted by Crippen LogP contribution is -2.30. The molecule has 9 heteroatoms. The van der Waals surface area contributed by atoms with Crippen LogP contribution in [0.3, 0.4) is 0 Å². The molecule has 0 unspecified atom stereocenters. The van der Waals surface area contributed by atoms with E-state index in [2.05, 4.69) is 63.2 Å². The minimum Gasteiger partial charge on any atom is -0.473 e. The van der Waals surface area contributed by atoms with Crippen molar-refractivity contribution in [2.24, 2.45) is 7.05 Å². The zero-order chi connectivity index (χ0) is 22.2. The Balaban J connectivity index is 1.67. The molecule has 0 saturated heterocycles. The van der Waals surface area contributed by atoms with E-state index >= 15 is 0 Å². The highest BCUT2D eigenvalue weighted by atomic mass is 32.2.